The molecule has 0 unspecified atom stereocenters. The van der Waals surface area contributed by atoms with Gasteiger partial charge in [-0.3, -0.25) is 4.68 Å². The fraction of sp³-hybridized carbons (Fsp3) is 0.154. The van der Waals surface area contributed by atoms with Crippen molar-refractivity contribution in [3.8, 4) is 11.1 Å². The average molecular weight is 450 g/mol. The zero-order chi connectivity index (χ0) is 23.2. The number of benzene rings is 2. The number of aryl methyl sites for hydroxylation is 2. The van der Waals surface area contributed by atoms with Crippen LogP contribution in [0.1, 0.15) is 28.3 Å². The number of aromatic nitrogens is 6. The quantitative estimate of drug-likeness (QED) is 0.414. The summed E-state index contributed by atoms with van der Waals surface area (Å²) < 4.78 is 9.20. The first kappa shape index (κ1) is 20.2. The Morgan fingerprint density at radius 3 is 2.68 bits per heavy atom. The van der Waals surface area contributed by atoms with E-state index in [1.807, 2.05) is 41.2 Å². The van der Waals surface area contributed by atoms with E-state index in [2.05, 4.69) is 57.8 Å². The second-order valence-corrected chi connectivity index (χ2v) is 8.52. The van der Waals surface area contributed by atoms with Gasteiger partial charge in [0.15, 0.2) is 5.82 Å². The molecule has 0 fully saturated rings. The van der Waals surface area contributed by atoms with Crippen molar-refractivity contribution in [3.05, 3.63) is 95.4 Å². The second-order valence-electron chi connectivity index (χ2n) is 8.52. The number of rotatable bonds is 5. The fourth-order valence-electron chi connectivity index (χ4n) is 4.50. The van der Waals surface area contributed by atoms with E-state index in [4.69, 9.17) is 15.4 Å². The van der Waals surface area contributed by atoms with Crippen LogP contribution in [0.3, 0.4) is 0 Å². The molecule has 0 radical (unpaired) electrons. The summed E-state index contributed by atoms with van der Waals surface area (Å²) in [6.07, 6.45) is 4.19. The first-order valence-electron chi connectivity index (χ1n) is 11.1. The summed E-state index contributed by atoms with van der Waals surface area (Å²) in [6.45, 7) is 4.60. The van der Waals surface area contributed by atoms with Crippen molar-refractivity contribution >= 4 is 22.2 Å². The lowest BCUT2D eigenvalue weighted by atomic mass is 10.0. The molecule has 0 saturated heterocycles. The molecule has 0 spiro atoms. The van der Waals surface area contributed by atoms with E-state index in [1.165, 1.54) is 11.9 Å². The number of fused-ring (bicyclic) bond motifs is 2. The van der Waals surface area contributed by atoms with Crippen molar-refractivity contribution in [2.75, 3.05) is 5.73 Å². The molecule has 8 nitrogen and oxygen atoms in total. The van der Waals surface area contributed by atoms with Crippen LogP contribution in [0.5, 0.6) is 0 Å². The lowest BCUT2D eigenvalue weighted by molar-refractivity contribution is 0.392. The molecule has 0 amide bonds. The molecule has 0 bridgehead atoms. The summed E-state index contributed by atoms with van der Waals surface area (Å²) in [6, 6.07) is 18.7. The molecule has 4 heterocycles. The molecule has 4 aromatic heterocycles. The Morgan fingerprint density at radius 1 is 1.03 bits per heavy atom. The zero-order valence-corrected chi connectivity index (χ0v) is 18.9. The van der Waals surface area contributed by atoms with E-state index in [0.29, 0.717) is 12.2 Å². The van der Waals surface area contributed by atoms with Gasteiger partial charge in [-0.1, -0.05) is 47.6 Å². The first-order valence-corrected chi connectivity index (χ1v) is 11.1. The molecule has 2 aromatic carbocycles. The molecular formula is C26H23N7O. The summed E-state index contributed by atoms with van der Waals surface area (Å²) in [5.41, 5.74) is 14.1. The van der Waals surface area contributed by atoms with Crippen molar-refractivity contribution in [3.63, 3.8) is 0 Å². The van der Waals surface area contributed by atoms with Crippen molar-refractivity contribution in [1.29, 1.82) is 0 Å². The molecule has 0 aliphatic rings. The minimum Gasteiger partial charge on any atom is -0.382 e. The SMILES string of the molecule is Cc1noc(C)c1Cc1cc(-c2ccc3cn(Cc4ccccc4)nc3c2)c2c(N)ncnn12. The highest BCUT2D eigenvalue weighted by molar-refractivity contribution is 5.92. The summed E-state index contributed by atoms with van der Waals surface area (Å²) >= 11 is 0. The predicted molar refractivity (Wildman–Crippen MR) is 130 cm³/mol. The number of nitrogen functional groups attached to an aromatic ring is 1. The molecular weight excluding hydrogens is 426 g/mol. The molecule has 2 N–H and O–H groups in total. The number of hydrogen-bond donors (Lipinski definition) is 1. The maximum Gasteiger partial charge on any atom is 0.151 e. The van der Waals surface area contributed by atoms with E-state index in [0.717, 1.165) is 56.8 Å². The molecule has 0 aliphatic carbocycles. The van der Waals surface area contributed by atoms with E-state index >= 15 is 0 Å². The molecule has 6 aromatic rings. The van der Waals surface area contributed by atoms with Crippen molar-refractivity contribution in [2.45, 2.75) is 26.8 Å². The summed E-state index contributed by atoms with van der Waals surface area (Å²) in [7, 11) is 0. The highest BCUT2D eigenvalue weighted by Gasteiger charge is 2.19. The third-order valence-corrected chi connectivity index (χ3v) is 6.25. The Bertz CT molecular complexity index is 1620. The Labute approximate surface area is 195 Å². The highest BCUT2D eigenvalue weighted by Crippen LogP contribution is 2.33. The van der Waals surface area contributed by atoms with Gasteiger partial charge in [-0.15, -0.1) is 0 Å². The molecule has 6 rings (SSSR count). The maximum atomic E-state index is 6.32. The van der Waals surface area contributed by atoms with Gasteiger partial charge in [0, 0.05) is 34.8 Å². The molecule has 0 atom stereocenters. The Morgan fingerprint density at radius 2 is 1.88 bits per heavy atom. The first-order chi connectivity index (χ1) is 16.6. The van der Waals surface area contributed by atoms with Crippen LogP contribution in [-0.2, 0) is 13.0 Å². The van der Waals surface area contributed by atoms with Crippen LogP contribution >= 0.6 is 0 Å². The smallest absolute Gasteiger partial charge is 0.151 e. The van der Waals surface area contributed by atoms with Crippen LogP contribution < -0.4 is 5.73 Å². The van der Waals surface area contributed by atoms with Gasteiger partial charge in [0.25, 0.3) is 0 Å². The zero-order valence-electron chi connectivity index (χ0n) is 18.9. The molecule has 8 heteroatoms. The largest absolute Gasteiger partial charge is 0.382 e. The molecule has 34 heavy (non-hydrogen) atoms. The Kier molecular flexibility index (Phi) is 4.65. The molecule has 168 valence electrons. The summed E-state index contributed by atoms with van der Waals surface area (Å²) in [4.78, 5) is 4.25. The van der Waals surface area contributed by atoms with Crippen molar-refractivity contribution in [1.82, 2.24) is 29.5 Å². The van der Waals surface area contributed by atoms with Gasteiger partial charge in [-0.05, 0) is 37.1 Å². The van der Waals surface area contributed by atoms with Crippen molar-refractivity contribution in [2.24, 2.45) is 0 Å². The average Bonchev–Trinajstić information content (AvgIpc) is 3.51. The van der Waals surface area contributed by atoms with Gasteiger partial charge < -0.3 is 10.3 Å². The fourth-order valence-corrected chi connectivity index (χ4v) is 4.50. The van der Waals surface area contributed by atoms with Crippen LogP contribution in [0.4, 0.5) is 5.82 Å². The third kappa shape index (κ3) is 3.40. The van der Waals surface area contributed by atoms with Crippen LogP contribution in [0.25, 0.3) is 27.5 Å². The van der Waals surface area contributed by atoms with Crippen LogP contribution in [0, 0.1) is 13.8 Å². The van der Waals surface area contributed by atoms with Gasteiger partial charge in [0.1, 0.15) is 17.6 Å². The van der Waals surface area contributed by atoms with E-state index in [9.17, 15) is 0 Å². The minimum absolute atomic E-state index is 0.435. The van der Waals surface area contributed by atoms with Crippen LogP contribution in [0.15, 0.2) is 71.6 Å². The van der Waals surface area contributed by atoms with Gasteiger partial charge in [-0.25, -0.2) is 9.50 Å². The Hall–Kier alpha value is -4.46. The third-order valence-electron chi connectivity index (χ3n) is 6.25. The Balaban J connectivity index is 1.43. The van der Waals surface area contributed by atoms with Gasteiger partial charge in [0.2, 0.25) is 0 Å². The summed E-state index contributed by atoms with van der Waals surface area (Å²) in [5.74, 6) is 1.24. The number of nitrogens with zero attached hydrogens (tertiary/aromatic N) is 6. The van der Waals surface area contributed by atoms with Crippen molar-refractivity contribution < 1.29 is 4.52 Å². The molecule has 0 saturated carbocycles. The second kappa shape index (κ2) is 7.84. The minimum atomic E-state index is 0.435. The molecule has 0 aliphatic heterocycles. The monoisotopic (exact) mass is 449 g/mol. The predicted octanol–water partition coefficient (Wildman–Crippen LogP) is 4.57. The van der Waals surface area contributed by atoms with Gasteiger partial charge >= 0.3 is 0 Å². The number of hydrogen-bond acceptors (Lipinski definition) is 6. The van der Waals surface area contributed by atoms with Crippen LogP contribution in [-0.4, -0.2) is 29.5 Å². The van der Waals surface area contributed by atoms with Gasteiger partial charge in [-0.2, -0.15) is 10.2 Å². The van der Waals surface area contributed by atoms with E-state index < -0.39 is 0 Å². The van der Waals surface area contributed by atoms with E-state index in [1.54, 1.807) is 0 Å². The van der Waals surface area contributed by atoms with E-state index in [-0.39, 0.29) is 0 Å². The summed E-state index contributed by atoms with van der Waals surface area (Å²) in [5, 5.41) is 14.5. The van der Waals surface area contributed by atoms with Gasteiger partial charge in [0.05, 0.1) is 17.8 Å². The van der Waals surface area contributed by atoms with Crippen LogP contribution in [0.2, 0.25) is 0 Å². The number of nitrogens with two attached hydrogens (primary N) is 1. The lowest BCUT2D eigenvalue weighted by Gasteiger charge is -2.04. The standard InChI is InChI=1S/C26H23N7O/c1-16-22(17(2)34-31-16)11-21-12-23(25-26(27)28-15-29-33(21)25)19-8-9-20-14-32(30-24(20)10-19)13-18-6-4-3-5-7-18/h3-10,12,14-15H,11,13H2,1-2H3,(H2,27,28,29). The number of anilines is 1. The highest BCUT2D eigenvalue weighted by atomic mass is 16.5. The topological polar surface area (TPSA) is 100 Å². The maximum absolute atomic E-state index is 6.32. The normalized spacial score (nSPS) is 11.6. The lowest BCUT2D eigenvalue weighted by Crippen LogP contribution is -2.03.